The number of carbonyl (C=O) groups is 1. The first kappa shape index (κ1) is 13.2. The molecule has 0 radical (unpaired) electrons. The first-order valence-electron chi connectivity index (χ1n) is 7.37. The van der Waals surface area contributed by atoms with Crippen LogP contribution in [0.1, 0.15) is 30.3 Å². The van der Waals surface area contributed by atoms with Gasteiger partial charge in [-0.1, -0.05) is 25.1 Å². The number of amides is 1. The van der Waals surface area contributed by atoms with E-state index in [1.807, 2.05) is 30.3 Å². The zero-order valence-corrected chi connectivity index (χ0v) is 11.9. The number of nitrogens with one attached hydrogen (secondary N) is 2. The van der Waals surface area contributed by atoms with Crippen LogP contribution in [0, 0.1) is 0 Å². The predicted octanol–water partition coefficient (Wildman–Crippen LogP) is 2.38. The molecule has 0 atom stereocenters. The van der Waals surface area contributed by atoms with Crippen molar-refractivity contribution in [3.8, 4) is 0 Å². The lowest BCUT2D eigenvalue weighted by molar-refractivity contribution is 0.0908. The second-order valence-corrected chi connectivity index (χ2v) is 5.45. The van der Waals surface area contributed by atoms with Crippen molar-refractivity contribution < 1.29 is 4.79 Å². The van der Waals surface area contributed by atoms with Gasteiger partial charge in [0.05, 0.1) is 0 Å². The summed E-state index contributed by atoms with van der Waals surface area (Å²) in [4.78, 5) is 17.9. The van der Waals surface area contributed by atoms with E-state index in [0.717, 1.165) is 43.4 Å². The molecule has 4 nitrogen and oxygen atoms in total. The monoisotopic (exact) mass is 271 g/mol. The second-order valence-electron chi connectivity index (χ2n) is 5.45. The summed E-state index contributed by atoms with van der Waals surface area (Å²) in [6, 6.07) is 10.2. The Balaban J connectivity index is 1.64. The molecule has 0 aliphatic carbocycles. The topological polar surface area (TPSA) is 48.1 Å². The van der Waals surface area contributed by atoms with Crippen LogP contribution in [0.25, 0.3) is 10.9 Å². The molecule has 2 heterocycles. The number of benzene rings is 1. The molecule has 106 valence electrons. The molecule has 1 saturated heterocycles. The molecule has 1 fully saturated rings. The Bertz CT molecular complexity index is 564. The molecular weight excluding hydrogens is 250 g/mol. The van der Waals surface area contributed by atoms with Gasteiger partial charge < -0.3 is 15.2 Å². The summed E-state index contributed by atoms with van der Waals surface area (Å²) in [5, 5.41) is 4.23. The number of fused-ring (bicyclic) bond motifs is 1. The Hall–Kier alpha value is -1.81. The molecule has 1 aliphatic rings. The number of rotatable bonds is 3. The Labute approximate surface area is 119 Å². The van der Waals surface area contributed by atoms with Gasteiger partial charge in [-0.2, -0.15) is 0 Å². The standard InChI is InChI=1S/C16H21N3O/c1-2-19-9-7-13(8-10-19)17-16(20)15-11-12-5-3-4-6-14(12)18-15/h3-6,11,13,18H,2,7-10H2,1H3,(H,17,20). The number of piperidine rings is 1. The van der Waals surface area contributed by atoms with Crippen LogP contribution < -0.4 is 5.32 Å². The molecule has 2 aromatic rings. The van der Waals surface area contributed by atoms with Crippen molar-refractivity contribution >= 4 is 16.8 Å². The number of H-pyrrole nitrogens is 1. The minimum absolute atomic E-state index is 0.0103. The Morgan fingerprint density at radius 1 is 1.35 bits per heavy atom. The highest BCUT2D eigenvalue weighted by atomic mass is 16.1. The summed E-state index contributed by atoms with van der Waals surface area (Å²) in [5.74, 6) is 0.0103. The van der Waals surface area contributed by atoms with Gasteiger partial charge in [-0.15, -0.1) is 0 Å². The van der Waals surface area contributed by atoms with E-state index >= 15 is 0 Å². The number of para-hydroxylation sites is 1. The highest BCUT2D eigenvalue weighted by Crippen LogP contribution is 2.15. The molecule has 1 aromatic heterocycles. The van der Waals surface area contributed by atoms with Crippen LogP contribution in [0.5, 0.6) is 0 Å². The zero-order chi connectivity index (χ0) is 13.9. The normalized spacial score (nSPS) is 17.4. The van der Waals surface area contributed by atoms with E-state index in [2.05, 4.69) is 22.1 Å². The smallest absolute Gasteiger partial charge is 0.267 e. The van der Waals surface area contributed by atoms with Crippen molar-refractivity contribution in [1.29, 1.82) is 0 Å². The van der Waals surface area contributed by atoms with Crippen LogP contribution in [-0.4, -0.2) is 41.5 Å². The van der Waals surface area contributed by atoms with Crippen molar-refractivity contribution in [1.82, 2.24) is 15.2 Å². The van der Waals surface area contributed by atoms with Gasteiger partial charge in [-0.3, -0.25) is 4.79 Å². The van der Waals surface area contributed by atoms with Gasteiger partial charge in [0.2, 0.25) is 0 Å². The number of nitrogens with zero attached hydrogens (tertiary/aromatic N) is 1. The fourth-order valence-electron chi connectivity index (χ4n) is 2.85. The third-order valence-electron chi connectivity index (χ3n) is 4.14. The van der Waals surface area contributed by atoms with Crippen LogP contribution in [0.4, 0.5) is 0 Å². The summed E-state index contributed by atoms with van der Waals surface area (Å²) in [5.41, 5.74) is 1.67. The lowest BCUT2D eigenvalue weighted by Gasteiger charge is -2.31. The quantitative estimate of drug-likeness (QED) is 0.900. The SMILES string of the molecule is CCN1CCC(NC(=O)c2cc3ccccc3[nH]2)CC1. The zero-order valence-electron chi connectivity index (χ0n) is 11.9. The lowest BCUT2D eigenvalue weighted by atomic mass is 10.1. The molecule has 0 spiro atoms. The lowest BCUT2D eigenvalue weighted by Crippen LogP contribution is -2.44. The molecule has 1 aromatic carbocycles. The van der Waals surface area contributed by atoms with Gasteiger partial charge in [0.25, 0.3) is 5.91 Å². The Morgan fingerprint density at radius 3 is 2.80 bits per heavy atom. The van der Waals surface area contributed by atoms with E-state index in [0.29, 0.717) is 11.7 Å². The van der Waals surface area contributed by atoms with Crippen LogP contribution in [0.2, 0.25) is 0 Å². The second kappa shape index (κ2) is 5.67. The predicted molar refractivity (Wildman–Crippen MR) is 80.9 cm³/mol. The number of likely N-dealkylation sites (tertiary alicyclic amines) is 1. The maximum absolute atomic E-state index is 12.3. The number of hydrogen-bond acceptors (Lipinski definition) is 2. The van der Waals surface area contributed by atoms with Crippen molar-refractivity contribution in [3.05, 3.63) is 36.0 Å². The summed E-state index contributed by atoms with van der Waals surface area (Å²) in [7, 11) is 0. The van der Waals surface area contributed by atoms with E-state index in [1.54, 1.807) is 0 Å². The van der Waals surface area contributed by atoms with Gasteiger partial charge in [-0.05, 0) is 31.5 Å². The summed E-state index contributed by atoms with van der Waals surface area (Å²) in [6.45, 7) is 5.44. The Kier molecular flexibility index (Phi) is 3.74. The van der Waals surface area contributed by atoms with E-state index in [-0.39, 0.29) is 5.91 Å². The number of hydrogen-bond donors (Lipinski definition) is 2. The third-order valence-corrected chi connectivity index (χ3v) is 4.14. The molecular formula is C16H21N3O. The molecule has 4 heteroatoms. The highest BCUT2D eigenvalue weighted by Gasteiger charge is 2.20. The van der Waals surface area contributed by atoms with Crippen LogP contribution in [-0.2, 0) is 0 Å². The largest absolute Gasteiger partial charge is 0.351 e. The van der Waals surface area contributed by atoms with Crippen LogP contribution in [0.3, 0.4) is 0 Å². The molecule has 20 heavy (non-hydrogen) atoms. The molecule has 0 saturated carbocycles. The number of carbonyl (C=O) groups excluding carboxylic acids is 1. The molecule has 3 rings (SSSR count). The van der Waals surface area contributed by atoms with Crippen molar-refractivity contribution in [2.24, 2.45) is 0 Å². The van der Waals surface area contributed by atoms with Crippen molar-refractivity contribution in [2.75, 3.05) is 19.6 Å². The minimum Gasteiger partial charge on any atom is -0.351 e. The molecule has 2 N–H and O–H groups in total. The van der Waals surface area contributed by atoms with Gasteiger partial charge >= 0.3 is 0 Å². The van der Waals surface area contributed by atoms with Crippen molar-refractivity contribution in [2.45, 2.75) is 25.8 Å². The van der Waals surface area contributed by atoms with Crippen LogP contribution in [0.15, 0.2) is 30.3 Å². The molecule has 0 unspecified atom stereocenters. The summed E-state index contributed by atoms with van der Waals surface area (Å²) >= 11 is 0. The minimum atomic E-state index is 0.0103. The average molecular weight is 271 g/mol. The first-order chi connectivity index (χ1) is 9.76. The average Bonchev–Trinajstić information content (AvgIpc) is 2.92. The van der Waals surface area contributed by atoms with Gasteiger partial charge in [0, 0.05) is 30.0 Å². The highest BCUT2D eigenvalue weighted by molar-refractivity contribution is 5.98. The number of aromatic amines is 1. The maximum Gasteiger partial charge on any atom is 0.267 e. The van der Waals surface area contributed by atoms with E-state index < -0.39 is 0 Å². The molecule has 1 aliphatic heterocycles. The summed E-state index contributed by atoms with van der Waals surface area (Å²) in [6.07, 6.45) is 2.08. The van der Waals surface area contributed by atoms with Gasteiger partial charge in [-0.25, -0.2) is 0 Å². The van der Waals surface area contributed by atoms with Crippen molar-refractivity contribution in [3.63, 3.8) is 0 Å². The number of aromatic nitrogens is 1. The van der Waals surface area contributed by atoms with E-state index in [1.165, 1.54) is 0 Å². The van der Waals surface area contributed by atoms with E-state index in [4.69, 9.17) is 0 Å². The third kappa shape index (κ3) is 2.70. The first-order valence-corrected chi connectivity index (χ1v) is 7.37. The fourth-order valence-corrected chi connectivity index (χ4v) is 2.85. The maximum atomic E-state index is 12.3. The van der Waals surface area contributed by atoms with E-state index in [9.17, 15) is 4.79 Å². The molecule has 0 bridgehead atoms. The summed E-state index contributed by atoms with van der Waals surface area (Å²) < 4.78 is 0. The van der Waals surface area contributed by atoms with Crippen LogP contribution >= 0.6 is 0 Å². The van der Waals surface area contributed by atoms with Gasteiger partial charge in [0.1, 0.15) is 5.69 Å². The van der Waals surface area contributed by atoms with Gasteiger partial charge in [0.15, 0.2) is 0 Å². The molecule has 1 amide bonds. The fraction of sp³-hybridized carbons (Fsp3) is 0.438. The Morgan fingerprint density at radius 2 is 2.10 bits per heavy atom.